The van der Waals surface area contributed by atoms with Crippen molar-refractivity contribution in [2.75, 3.05) is 44.9 Å². The van der Waals surface area contributed by atoms with Gasteiger partial charge in [-0.25, -0.2) is 13.2 Å². The first kappa shape index (κ1) is 17.7. The molecule has 1 atom stereocenters. The van der Waals surface area contributed by atoms with Gasteiger partial charge in [-0.15, -0.1) is 0 Å². The Bertz CT molecular complexity index is 478. The van der Waals surface area contributed by atoms with Crippen molar-refractivity contribution in [3.63, 3.8) is 0 Å². The molecule has 1 aliphatic heterocycles. The van der Waals surface area contributed by atoms with E-state index in [4.69, 9.17) is 9.84 Å². The van der Waals surface area contributed by atoms with Crippen molar-refractivity contribution < 1.29 is 27.9 Å². The monoisotopic (exact) mass is 322 g/mol. The second-order valence-corrected chi connectivity index (χ2v) is 7.21. The van der Waals surface area contributed by atoms with Gasteiger partial charge in [0.15, 0.2) is 9.84 Å². The molecular formula is C12H22N2O6S. The largest absolute Gasteiger partial charge is 0.480 e. The lowest BCUT2D eigenvalue weighted by Crippen LogP contribution is -2.50. The maximum absolute atomic E-state index is 12.3. The van der Waals surface area contributed by atoms with Crippen LogP contribution in [-0.4, -0.2) is 86.2 Å². The summed E-state index contributed by atoms with van der Waals surface area (Å²) >= 11 is 0. The number of ether oxygens (including phenoxy) is 1. The van der Waals surface area contributed by atoms with Crippen molar-refractivity contribution in [3.8, 4) is 0 Å². The van der Waals surface area contributed by atoms with E-state index in [9.17, 15) is 18.0 Å². The number of nitrogens with zero attached hydrogens (tertiary/aromatic N) is 2. The highest BCUT2D eigenvalue weighted by Crippen LogP contribution is 2.18. The minimum atomic E-state index is -3.19. The maximum atomic E-state index is 12.3. The zero-order chi connectivity index (χ0) is 16.0. The number of rotatable bonds is 7. The molecular weight excluding hydrogens is 300 g/mol. The van der Waals surface area contributed by atoms with Crippen LogP contribution in [-0.2, 0) is 19.4 Å². The predicted molar refractivity (Wildman–Crippen MR) is 75.9 cm³/mol. The number of aliphatic carboxylic acids is 1. The van der Waals surface area contributed by atoms with E-state index < -0.39 is 34.4 Å². The summed E-state index contributed by atoms with van der Waals surface area (Å²) in [6, 6.07) is -1.06. The Kier molecular flexibility index (Phi) is 6.41. The smallest absolute Gasteiger partial charge is 0.323 e. The highest BCUT2D eigenvalue weighted by Gasteiger charge is 2.36. The Morgan fingerprint density at radius 2 is 2.05 bits per heavy atom. The van der Waals surface area contributed by atoms with Crippen LogP contribution in [0.15, 0.2) is 0 Å². The molecule has 2 amide bonds. The van der Waals surface area contributed by atoms with Crippen LogP contribution in [0.3, 0.4) is 0 Å². The van der Waals surface area contributed by atoms with Crippen molar-refractivity contribution in [2.24, 2.45) is 0 Å². The molecule has 1 unspecified atom stereocenters. The highest BCUT2D eigenvalue weighted by molar-refractivity contribution is 7.91. The first-order valence-corrected chi connectivity index (χ1v) is 8.60. The zero-order valence-corrected chi connectivity index (χ0v) is 13.1. The van der Waals surface area contributed by atoms with Crippen molar-refractivity contribution in [2.45, 2.75) is 19.4 Å². The molecule has 1 saturated heterocycles. The van der Waals surface area contributed by atoms with Gasteiger partial charge in [-0.2, -0.15) is 0 Å². The lowest BCUT2D eigenvalue weighted by molar-refractivity contribution is -0.138. The molecule has 9 heteroatoms. The molecule has 1 fully saturated rings. The van der Waals surface area contributed by atoms with Gasteiger partial charge in [-0.05, 0) is 13.3 Å². The molecule has 0 aromatic heterocycles. The number of carbonyl (C=O) groups excluding carboxylic acids is 1. The maximum Gasteiger partial charge on any atom is 0.323 e. The lowest BCUT2D eigenvalue weighted by Gasteiger charge is -2.31. The lowest BCUT2D eigenvalue weighted by atomic mass is 10.2. The first-order valence-electron chi connectivity index (χ1n) is 6.78. The van der Waals surface area contributed by atoms with E-state index in [1.165, 1.54) is 4.90 Å². The molecule has 0 bridgehead atoms. The number of amides is 2. The van der Waals surface area contributed by atoms with Gasteiger partial charge < -0.3 is 19.6 Å². The highest BCUT2D eigenvalue weighted by atomic mass is 32.2. The number of hydrogen-bond acceptors (Lipinski definition) is 5. The van der Waals surface area contributed by atoms with Crippen molar-refractivity contribution in [1.82, 2.24) is 9.80 Å². The molecule has 1 heterocycles. The van der Waals surface area contributed by atoms with E-state index in [1.807, 2.05) is 6.92 Å². The quantitative estimate of drug-likeness (QED) is 0.642. The van der Waals surface area contributed by atoms with Gasteiger partial charge in [0, 0.05) is 26.2 Å². The standard InChI is InChI=1S/C12H22N2O6S/c1-3-20-6-5-13(2)12(17)14(8-11(15)16)10-4-7-21(18,19)9-10/h10H,3-9H2,1-2H3,(H,15,16). The number of carboxylic acids is 1. The SMILES string of the molecule is CCOCCN(C)C(=O)N(CC(=O)O)C1CCS(=O)(=O)C1. The summed E-state index contributed by atoms with van der Waals surface area (Å²) in [5.41, 5.74) is 0. The van der Waals surface area contributed by atoms with Crippen LogP contribution in [0.1, 0.15) is 13.3 Å². The van der Waals surface area contributed by atoms with Gasteiger partial charge in [0.25, 0.3) is 0 Å². The number of sulfone groups is 1. The number of likely N-dealkylation sites (N-methyl/N-ethyl adjacent to an activating group) is 1. The Balaban J connectivity index is 2.72. The van der Waals surface area contributed by atoms with Crippen LogP contribution >= 0.6 is 0 Å². The number of hydrogen-bond donors (Lipinski definition) is 1. The number of urea groups is 1. The van der Waals surface area contributed by atoms with Gasteiger partial charge >= 0.3 is 12.0 Å². The Labute approximate surface area is 124 Å². The molecule has 21 heavy (non-hydrogen) atoms. The number of carbonyl (C=O) groups is 2. The fraction of sp³-hybridized carbons (Fsp3) is 0.833. The molecule has 8 nitrogen and oxygen atoms in total. The molecule has 0 spiro atoms. The second-order valence-electron chi connectivity index (χ2n) is 4.98. The van der Waals surface area contributed by atoms with Crippen molar-refractivity contribution >= 4 is 21.8 Å². The summed E-state index contributed by atoms with van der Waals surface area (Å²) in [5, 5.41) is 8.93. The van der Waals surface area contributed by atoms with Crippen LogP contribution in [0, 0.1) is 0 Å². The van der Waals surface area contributed by atoms with Crippen LogP contribution < -0.4 is 0 Å². The average molecular weight is 322 g/mol. The molecule has 0 saturated carbocycles. The Morgan fingerprint density at radius 3 is 2.52 bits per heavy atom. The number of carboxylic acid groups (broad SMARTS) is 1. The minimum absolute atomic E-state index is 0.0102. The Hall–Kier alpha value is -1.35. The zero-order valence-electron chi connectivity index (χ0n) is 12.3. The van der Waals surface area contributed by atoms with E-state index >= 15 is 0 Å². The predicted octanol–water partition coefficient (Wildman–Crippen LogP) is -0.352. The third-order valence-corrected chi connectivity index (χ3v) is 5.05. The Morgan fingerprint density at radius 1 is 1.38 bits per heavy atom. The molecule has 1 aliphatic rings. The van der Waals surface area contributed by atoms with Crippen LogP contribution in [0.2, 0.25) is 0 Å². The van der Waals surface area contributed by atoms with Gasteiger partial charge in [0.05, 0.1) is 18.1 Å². The summed E-state index contributed by atoms with van der Waals surface area (Å²) in [6.45, 7) is 2.53. The summed E-state index contributed by atoms with van der Waals surface area (Å²) in [7, 11) is -1.65. The third kappa shape index (κ3) is 5.50. The summed E-state index contributed by atoms with van der Waals surface area (Å²) in [5.74, 6) is -1.35. The average Bonchev–Trinajstić information content (AvgIpc) is 2.75. The molecule has 1 rings (SSSR count). The molecule has 0 aromatic carbocycles. The van der Waals surface area contributed by atoms with E-state index in [2.05, 4.69) is 0 Å². The van der Waals surface area contributed by atoms with Gasteiger partial charge in [0.1, 0.15) is 6.54 Å². The summed E-state index contributed by atoms with van der Waals surface area (Å²) in [4.78, 5) is 25.7. The summed E-state index contributed by atoms with van der Waals surface area (Å²) in [6.07, 6.45) is 0.278. The van der Waals surface area contributed by atoms with E-state index in [0.717, 1.165) is 4.90 Å². The van der Waals surface area contributed by atoms with Crippen molar-refractivity contribution in [3.05, 3.63) is 0 Å². The van der Waals surface area contributed by atoms with Crippen LogP contribution in [0.25, 0.3) is 0 Å². The topological polar surface area (TPSA) is 104 Å². The fourth-order valence-corrected chi connectivity index (χ4v) is 3.91. The second kappa shape index (κ2) is 7.60. The first-order chi connectivity index (χ1) is 9.76. The molecule has 122 valence electrons. The van der Waals surface area contributed by atoms with E-state index in [-0.39, 0.29) is 17.9 Å². The van der Waals surface area contributed by atoms with Gasteiger partial charge in [0.2, 0.25) is 0 Å². The molecule has 0 radical (unpaired) electrons. The van der Waals surface area contributed by atoms with E-state index in [0.29, 0.717) is 19.8 Å². The third-order valence-electron chi connectivity index (χ3n) is 3.30. The van der Waals surface area contributed by atoms with Gasteiger partial charge in [-0.1, -0.05) is 0 Å². The van der Waals surface area contributed by atoms with Crippen LogP contribution in [0.5, 0.6) is 0 Å². The van der Waals surface area contributed by atoms with Crippen LogP contribution in [0.4, 0.5) is 4.79 Å². The minimum Gasteiger partial charge on any atom is -0.480 e. The van der Waals surface area contributed by atoms with E-state index in [1.54, 1.807) is 7.05 Å². The molecule has 0 aliphatic carbocycles. The summed E-state index contributed by atoms with van der Waals surface area (Å²) < 4.78 is 28.2. The molecule has 0 aromatic rings. The van der Waals surface area contributed by atoms with Crippen molar-refractivity contribution in [1.29, 1.82) is 0 Å². The van der Waals surface area contributed by atoms with Gasteiger partial charge in [-0.3, -0.25) is 4.79 Å². The fourth-order valence-electron chi connectivity index (χ4n) is 2.18. The molecule has 1 N–H and O–H groups in total. The normalized spacial score (nSPS) is 20.2.